The van der Waals surface area contributed by atoms with Gasteiger partial charge in [-0.25, -0.2) is 4.79 Å². The fourth-order valence-corrected chi connectivity index (χ4v) is 3.17. The van der Waals surface area contributed by atoms with Crippen molar-refractivity contribution < 1.29 is 23.9 Å². The Bertz CT molecular complexity index is 742. The van der Waals surface area contributed by atoms with Crippen LogP contribution in [0.2, 0.25) is 0 Å². The molecule has 1 heterocycles. The number of hydrogen-bond donors (Lipinski definition) is 0. The summed E-state index contributed by atoms with van der Waals surface area (Å²) in [7, 11) is 0. The Balaban J connectivity index is 1.89. The average Bonchev–Trinajstić information content (AvgIpc) is 2.61. The first kappa shape index (κ1) is 21.9. The number of carbonyl (C=O) groups is 3. The number of ketones is 1. The van der Waals surface area contributed by atoms with Gasteiger partial charge in [-0.3, -0.25) is 9.59 Å². The summed E-state index contributed by atoms with van der Waals surface area (Å²) in [6, 6.07) is 5.66. The van der Waals surface area contributed by atoms with E-state index in [1.54, 1.807) is 11.8 Å². The van der Waals surface area contributed by atoms with E-state index in [-0.39, 0.29) is 23.8 Å². The average molecular weight is 389 g/mol. The number of hydrogen-bond acceptors (Lipinski definition) is 5. The molecule has 0 unspecified atom stereocenters. The zero-order valence-corrected chi connectivity index (χ0v) is 17.7. The van der Waals surface area contributed by atoms with Crippen LogP contribution in [0.5, 0.6) is 0 Å². The minimum atomic E-state index is -0.836. The maximum absolute atomic E-state index is 12.7. The molecular formula is C22H31NO5. The first-order chi connectivity index (χ1) is 13.0. The zero-order chi connectivity index (χ0) is 21.1. The summed E-state index contributed by atoms with van der Waals surface area (Å²) >= 11 is 0. The van der Waals surface area contributed by atoms with Gasteiger partial charge in [-0.2, -0.15) is 0 Å². The van der Waals surface area contributed by atoms with Gasteiger partial charge < -0.3 is 14.4 Å². The lowest BCUT2D eigenvalue weighted by molar-refractivity contribution is -0.152. The van der Waals surface area contributed by atoms with Gasteiger partial charge in [0.15, 0.2) is 6.10 Å². The summed E-state index contributed by atoms with van der Waals surface area (Å²) in [6.07, 6.45) is -0.194. The first-order valence-corrected chi connectivity index (χ1v) is 9.78. The Morgan fingerprint density at radius 3 is 2.29 bits per heavy atom. The van der Waals surface area contributed by atoms with Crippen LogP contribution in [0.25, 0.3) is 0 Å². The van der Waals surface area contributed by atoms with Crippen molar-refractivity contribution in [2.75, 3.05) is 13.1 Å². The third kappa shape index (κ3) is 5.81. The normalized spacial score (nSPS) is 16.4. The van der Waals surface area contributed by atoms with Gasteiger partial charge in [0, 0.05) is 18.7 Å². The number of esters is 1. The maximum Gasteiger partial charge on any atom is 0.410 e. The van der Waals surface area contributed by atoms with E-state index in [0.29, 0.717) is 31.5 Å². The minimum Gasteiger partial charge on any atom is -0.454 e. The summed E-state index contributed by atoms with van der Waals surface area (Å²) in [6.45, 7) is 11.7. The van der Waals surface area contributed by atoms with Crippen molar-refractivity contribution in [1.82, 2.24) is 4.90 Å². The highest BCUT2D eigenvalue weighted by atomic mass is 16.6. The van der Waals surface area contributed by atoms with E-state index < -0.39 is 11.7 Å². The third-order valence-electron chi connectivity index (χ3n) is 4.80. The number of likely N-dealkylation sites (tertiary alicyclic amines) is 1. The van der Waals surface area contributed by atoms with E-state index >= 15 is 0 Å². The van der Waals surface area contributed by atoms with E-state index in [9.17, 15) is 14.4 Å². The quantitative estimate of drug-likeness (QED) is 0.573. The lowest BCUT2D eigenvalue weighted by atomic mass is 9.96. The summed E-state index contributed by atoms with van der Waals surface area (Å²) in [5.41, 5.74) is 1.89. The van der Waals surface area contributed by atoms with Gasteiger partial charge in [0.25, 0.3) is 0 Å². The predicted octanol–water partition coefficient (Wildman–Crippen LogP) is 4.06. The number of carbonyl (C=O) groups excluding carboxylic acids is 3. The monoisotopic (exact) mass is 389 g/mol. The van der Waals surface area contributed by atoms with Crippen molar-refractivity contribution in [2.24, 2.45) is 5.92 Å². The van der Waals surface area contributed by atoms with Crippen LogP contribution in [0.15, 0.2) is 18.2 Å². The second kappa shape index (κ2) is 8.76. The van der Waals surface area contributed by atoms with Crippen molar-refractivity contribution in [3.63, 3.8) is 0 Å². The van der Waals surface area contributed by atoms with Gasteiger partial charge in [-0.05, 0) is 66.0 Å². The van der Waals surface area contributed by atoms with Crippen molar-refractivity contribution in [3.8, 4) is 0 Å². The largest absolute Gasteiger partial charge is 0.454 e. The Labute approximate surface area is 167 Å². The molecule has 0 aromatic heterocycles. The van der Waals surface area contributed by atoms with Gasteiger partial charge in [0.2, 0.25) is 5.78 Å². The Morgan fingerprint density at radius 1 is 1.11 bits per heavy atom. The molecule has 0 saturated carbocycles. The summed E-state index contributed by atoms with van der Waals surface area (Å²) in [5, 5.41) is 0. The highest BCUT2D eigenvalue weighted by Crippen LogP contribution is 2.22. The smallest absolute Gasteiger partial charge is 0.410 e. The molecule has 6 nitrogen and oxygen atoms in total. The summed E-state index contributed by atoms with van der Waals surface area (Å²) < 4.78 is 10.8. The third-order valence-corrected chi connectivity index (χ3v) is 4.80. The number of ether oxygens (including phenoxy) is 2. The van der Waals surface area contributed by atoms with Gasteiger partial charge in [0.05, 0.1) is 5.92 Å². The second-order valence-electron chi connectivity index (χ2n) is 8.50. The number of benzene rings is 1. The van der Waals surface area contributed by atoms with Crippen LogP contribution in [0, 0.1) is 19.8 Å². The van der Waals surface area contributed by atoms with Crippen LogP contribution in [-0.2, 0) is 14.3 Å². The fraction of sp³-hybridized carbons (Fsp3) is 0.591. The molecule has 2 rings (SSSR count). The zero-order valence-electron chi connectivity index (χ0n) is 17.7. The summed E-state index contributed by atoms with van der Waals surface area (Å²) in [4.78, 5) is 38.9. The summed E-state index contributed by atoms with van der Waals surface area (Å²) in [5.74, 6) is -0.886. The highest BCUT2D eigenvalue weighted by molar-refractivity contribution is 6.01. The van der Waals surface area contributed by atoms with E-state index in [1.165, 1.54) is 0 Å². The van der Waals surface area contributed by atoms with Crippen LogP contribution in [0.4, 0.5) is 4.79 Å². The Morgan fingerprint density at radius 2 is 1.71 bits per heavy atom. The van der Waals surface area contributed by atoms with Gasteiger partial charge in [0.1, 0.15) is 5.60 Å². The second-order valence-corrected chi connectivity index (χ2v) is 8.50. The molecule has 28 heavy (non-hydrogen) atoms. The molecule has 0 spiro atoms. The molecule has 1 aromatic rings. The topological polar surface area (TPSA) is 72.9 Å². The van der Waals surface area contributed by atoms with Crippen LogP contribution in [-0.4, -0.2) is 47.5 Å². The van der Waals surface area contributed by atoms with Gasteiger partial charge in [-0.1, -0.05) is 17.7 Å². The number of nitrogens with zero attached hydrogens (tertiary/aromatic N) is 1. The van der Waals surface area contributed by atoms with E-state index in [1.807, 2.05) is 52.8 Å². The molecule has 0 radical (unpaired) electrons. The van der Waals surface area contributed by atoms with Crippen LogP contribution < -0.4 is 0 Å². The first-order valence-electron chi connectivity index (χ1n) is 9.78. The van der Waals surface area contributed by atoms with Crippen molar-refractivity contribution in [2.45, 2.75) is 66.1 Å². The molecule has 1 aliphatic rings. The van der Waals surface area contributed by atoms with Crippen LogP contribution in [0.3, 0.4) is 0 Å². The molecule has 154 valence electrons. The van der Waals surface area contributed by atoms with Crippen LogP contribution in [0.1, 0.15) is 62.0 Å². The maximum atomic E-state index is 12.7. The van der Waals surface area contributed by atoms with Crippen molar-refractivity contribution >= 4 is 17.8 Å². The van der Waals surface area contributed by atoms with E-state index in [4.69, 9.17) is 9.47 Å². The SMILES string of the molecule is Cc1ccc(C)c(C(=O)[C@H](C)OC(=O)C2CCN(C(=O)OC(C)(C)C)CC2)c1. The Hall–Kier alpha value is -2.37. The molecule has 1 aromatic carbocycles. The van der Waals surface area contributed by atoms with Crippen molar-refractivity contribution in [1.29, 1.82) is 0 Å². The molecule has 1 saturated heterocycles. The van der Waals surface area contributed by atoms with Gasteiger partial charge >= 0.3 is 12.1 Å². The molecule has 1 amide bonds. The lowest BCUT2D eigenvalue weighted by Crippen LogP contribution is -2.43. The lowest BCUT2D eigenvalue weighted by Gasteiger charge is -2.32. The predicted molar refractivity (Wildman–Crippen MR) is 106 cm³/mol. The molecule has 0 N–H and O–H groups in total. The number of aryl methyl sites for hydroxylation is 2. The van der Waals surface area contributed by atoms with E-state index in [0.717, 1.165) is 11.1 Å². The highest BCUT2D eigenvalue weighted by Gasteiger charge is 2.32. The molecule has 6 heteroatoms. The molecule has 1 atom stereocenters. The molecule has 0 aliphatic carbocycles. The number of piperidine rings is 1. The standard InChI is InChI=1S/C22H31NO5/c1-14-7-8-15(2)18(13-14)19(24)16(3)27-20(25)17-9-11-23(12-10-17)21(26)28-22(4,5)6/h7-8,13,16-17H,9-12H2,1-6H3/t16-/m0/s1. The number of Topliss-reactive ketones (excluding diaryl/α,β-unsaturated/α-hetero) is 1. The molecular weight excluding hydrogens is 358 g/mol. The molecule has 1 aliphatic heterocycles. The molecule has 0 bridgehead atoms. The van der Waals surface area contributed by atoms with E-state index in [2.05, 4.69) is 0 Å². The Kier molecular flexibility index (Phi) is 6.86. The number of amides is 1. The van der Waals surface area contributed by atoms with Crippen LogP contribution >= 0.6 is 0 Å². The molecule has 1 fully saturated rings. The number of rotatable bonds is 4. The van der Waals surface area contributed by atoms with Gasteiger partial charge in [-0.15, -0.1) is 0 Å². The minimum absolute atomic E-state index is 0.194. The van der Waals surface area contributed by atoms with Crippen molar-refractivity contribution in [3.05, 3.63) is 34.9 Å². The fourth-order valence-electron chi connectivity index (χ4n) is 3.17.